The summed E-state index contributed by atoms with van der Waals surface area (Å²) in [6.07, 6.45) is 3.85. The van der Waals surface area contributed by atoms with Crippen molar-refractivity contribution in [1.82, 2.24) is 0 Å². The van der Waals surface area contributed by atoms with E-state index in [1.807, 2.05) is 18.2 Å². The lowest BCUT2D eigenvalue weighted by molar-refractivity contribution is 0.386. The fraction of sp³-hybridized carbons (Fsp3) is 0.111. The molecule has 1 nitrogen and oxygen atoms in total. The van der Waals surface area contributed by atoms with E-state index in [0.29, 0.717) is 11.1 Å². The molecule has 0 fully saturated rings. The van der Waals surface area contributed by atoms with Gasteiger partial charge in [0, 0.05) is 5.56 Å². The van der Waals surface area contributed by atoms with Gasteiger partial charge in [-0.3, -0.25) is 0 Å². The molecule has 0 unspecified atom stereocenters. The van der Waals surface area contributed by atoms with Crippen LogP contribution in [-0.4, -0.2) is 7.11 Å². The van der Waals surface area contributed by atoms with E-state index in [1.54, 1.807) is 12.1 Å². The van der Waals surface area contributed by atoms with Crippen LogP contribution in [0.2, 0.25) is 0 Å². The number of hydrogen-bond acceptors (Lipinski definition) is 1. The van der Waals surface area contributed by atoms with Crippen molar-refractivity contribution in [3.63, 3.8) is 0 Å². The molecule has 3 heteroatoms. The zero-order valence-corrected chi connectivity index (χ0v) is 16.8. The molecule has 0 heterocycles. The minimum Gasteiger partial charge on any atom is -0.494 e. The van der Waals surface area contributed by atoms with E-state index in [2.05, 4.69) is 36.9 Å². The highest BCUT2D eigenvalue weighted by Crippen LogP contribution is 2.32. The third-order valence-corrected chi connectivity index (χ3v) is 5.31. The van der Waals surface area contributed by atoms with Crippen molar-refractivity contribution in [3.05, 3.63) is 103 Å². The lowest BCUT2D eigenvalue weighted by atomic mass is 9.96. The van der Waals surface area contributed by atoms with E-state index >= 15 is 0 Å². The molecule has 4 rings (SSSR count). The molecule has 0 aliphatic heterocycles. The van der Waals surface area contributed by atoms with Gasteiger partial charge in [0.25, 0.3) is 0 Å². The Morgan fingerprint density at radius 2 is 1.43 bits per heavy atom. The highest BCUT2D eigenvalue weighted by Gasteiger charge is 2.11. The van der Waals surface area contributed by atoms with Crippen molar-refractivity contribution in [3.8, 4) is 28.0 Å². The molecule has 0 atom stereocenters. The molecular weight excluding hydrogens is 378 g/mol. The zero-order chi connectivity index (χ0) is 21.1. The Morgan fingerprint density at radius 1 is 0.767 bits per heavy atom. The Hall–Kier alpha value is -3.46. The Bertz CT molecular complexity index is 1230. The maximum absolute atomic E-state index is 14.9. The van der Waals surface area contributed by atoms with Gasteiger partial charge < -0.3 is 4.74 Å². The number of benzene rings is 4. The van der Waals surface area contributed by atoms with Crippen LogP contribution in [0.15, 0.2) is 85.5 Å². The van der Waals surface area contributed by atoms with Crippen LogP contribution >= 0.6 is 0 Å². The molecule has 4 aromatic carbocycles. The number of halogens is 2. The normalized spacial score (nSPS) is 10.9. The first-order valence-corrected chi connectivity index (χ1v) is 9.86. The largest absolute Gasteiger partial charge is 0.494 e. The van der Waals surface area contributed by atoms with Crippen molar-refractivity contribution in [2.24, 2.45) is 0 Å². The van der Waals surface area contributed by atoms with Crippen LogP contribution in [0.25, 0.3) is 33.0 Å². The van der Waals surface area contributed by atoms with Crippen LogP contribution in [0.5, 0.6) is 5.75 Å². The van der Waals surface area contributed by atoms with Crippen molar-refractivity contribution in [2.75, 3.05) is 7.11 Å². The molecule has 0 aliphatic rings. The summed E-state index contributed by atoms with van der Waals surface area (Å²) in [6.45, 7) is 3.77. The van der Waals surface area contributed by atoms with E-state index in [0.717, 1.165) is 34.7 Å². The third kappa shape index (κ3) is 3.97. The van der Waals surface area contributed by atoms with Crippen LogP contribution in [0.4, 0.5) is 8.78 Å². The van der Waals surface area contributed by atoms with Gasteiger partial charge in [-0.1, -0.05) is 54.6 Å². The second-order valence-electron chi connectivity index (χ2n) is 7.27. The average molecular weight is 400 g/mol. The smallest absolute Gasteiger partial charge is 0.165 e. The molecule has 0 saturated heterocycles. The van der Waals surface area contributed by atoms with Gasteiger partial charge in [0.1, 0.15) is 5.82 Å². The second kappa shape index (κ2) is 8.50. The molecule has 0 amide bonds. The van der Waals surface area contributed by atoms with Crippen LogP contribution in [0, 0.1) is 11.6 Å². The maximum atomic E-state index is 14.9. The summed E-state index contributed by atoms with van der Waals surface area (Å²) < 4.78 is 33.8. The van der Waals surface area contributed by atoms with E-state index in [1.165, 1.54) is 30.9 Å². The summed E-state index contributed by atoms with van der Waals surface area (Å²) in [5.41, 5.74) is 3.82. The number of methoxy groups -OCH3 is 1. The van der Waals surface area contributed by atoms with Gasteiger partial charge in [0.2, 0.25) is 0 Å². The first-order valence-electron chi connectivity index (χ1n) is 9.86. The first kappa shape index (κ1) is 19.8. The fourth-order valence-electron chi connectivity index (χ4n) is 3.66. The van der Waals surface area contributed by atoms with Gasteiger partial charge in [0.15, 0.2) is 11.6 Å². The summed E-state index contributed by atoms with van der Waals surface area (Å²) in [7, 11) is 1.40. The molecule has 0 radical (unpaired) electrons. The third-order valence-electron chi connectivity index (χ3n) is 5.31. The number of aryl methyl sites for hydroxylation is 1. The Morgan fingerprint density at radius 3 is 2.17 bits per heavy atom. The second-order valence-corrected chi connectivity index (χ2v) is 7.27. The minimum absolute atomic E-state index is 0.139. The van der Waals surface area contributed by atoms with Crippen LogP contribution < -0.4 is 4.74 Å². The van der Waals surface area contributed by atoms with Gasteiger partial charge in [-0.15, -0.1) is 6.58 Å². The first-order chi connectivity index (χ1) is 14.6. The number of rotatable bonds is 6. The highest BCUT2D eigenvalue weighted by atomic mass is 19.1. The van der Waals surface area contributed by atoms with Crippen molar-refractivity contribution < 1.29 is 13.5 Å². The number of fused-ring (bicyclic) bond motifs is 1. The summed E-state index contributed by atoms with van der Waals surface area (Å²) in [6, 6.07) is 22.0. The average Bonchev–Trinajstić information content (AvgIpc) is 2.77. The number of hydrogen-bond donors (Lipinski definition) is 0. The molecule has 0 N–H and O–H groups in total. The Labute approximate surface area is 175 Å². The topological polar surface area (TPSA) is 9.23 Å². The minimum atomic E-state index is -0.513. The van der Waals surface area contributed by atoms with Crippen molar-refractivity contribution in [1.29, 1.82) is 0 Å². The highest BCUT2D eigenvalue weighted by molar-refractivity contribution is 5.88. The van der Waals surface area contributed by atoms with Gasteiger partial charge in [-0.2, -0.15) is 0 Å². The molecule has 0 saturated carbocycles. The molecular formula is C27H22F2O. The SMILES string of the molecule is C=CCCc1ccc2cc(-c3ccc(-c4ccc(OC)c(F)c4)c(F)c3)ccc2c1. The van der Waals surface area contributed by atoms with Crippen LogP contribution in [0.1, 0.15) is 12.0 Å². The molecule has 0 bridgehead atoms. The van der Waals surface area contributed by atoms with Gasteiger partial charge in [-0.25, -0.2) is 8.78 Å². The van der Waals surface area contributed by atoms with Crippen molar-refractivity contribution >= 4 is 10.8 Å². The quantitative estimate of drug-likeness (QED) is 0.303. The Kier molecular flexibility index (Phi) is 5.62. The predicted octanol–water partition coefficient (Wildman–Crippen LogP) is 7.58. The maximum Gasteiger partial charge on any atom is 0.165 e. The van der Waals surface area contributed by atoms with E-state index in [9.17, 15) is 8.78 Å². The summed E-state index contributed by atoms with van der Waals surface area (Å²) >= 11 is 0. The van der Waals surface area contributed by atoms with Gasteiger partial charge in [-0.05, 0) is 70.1 Å². The standard InChI is InChI=1S/C27H22F2O/c1-3-4-5-18-6-7-20-15-21(9-8-19(20)14-18)22-10-12-24(25(28)16-22)23-11-13-27(30-2)26(29)17-23/h3,6-17H,1,4-5H2,2H3. The molecule has 0 spiro atoms. The summed E-state index contributed by atoms with van der Waals surface area (Å²) in [4.78, 5) is 0. The fourth-order valence-corrected chi connectivity index (χ4v) is 3.66. The van der Waals surface area contributed by atoms with E-state index in [-0.39, 0.29) is 5.75 Å². The molecule has 150 valence electrons. The predicted molar refractivity (Wildman–Crippen MR) is 120 cm³/mol. The van der Waals surface area contributed by atoms with E-state index in [4.69, 9.17) is 4.74 Å². The lowest BCUT2D eigenvalue weighted by Gasteiger charge is -2.10. The lowest BCUT2D eigenvalue weighted by Crippen LogP contribution is -1.91. The van der Waals surface area contributed by atoms with Crippen molar-refractivity contribution in [2.45, 2.75) is 12.8 Å². The number of allylic oxidation sites excluding steroid dienone is 1. The monoisotopic (exact) mass is 400 g/mol. The summed E-state index contributed by atoms with van der Waals surface area (Å²) in [5.74, 6) is -0.767. The van der Waals surface area contributed by atoms with Gasteiger partial charge >= 0.3 is 0 Å². The molecule has 0 aliphatic carbocycles. The Balaban J connectivity index is 1.65. The van der Waals surface area contributed by atoms with Crippen LogP contribution in [0.3, 0.4) is 0 Å². The van der Waals surface area contributed by atoms with E-state index < -0.39 is 11.6 Å². The molecule has 0 aromatic heterocycles. The van der Waals surface area contributed by atoms with Gasteiger partial charge in [0.05, 0.1) is 7.11 Å². The molecule has 4 aromatic rings. The van der Waals surface area contributed by atoms with Crippen LogP contribution in [-0.2, 0) is 6.42 Å². The zero-order valence-electron chi connectivity index (χ0n) is 16.8. The summed E-state index contributed by atoms with van der Waals surface area (Å²) in [5, 5.41) is 2.27. The molecule has 30 heavy (non-hydrogen) atoms. The number of ether oxygens (including phenoxy) is 1.